The van der Waals surface area contributed by atoms with Crippen LogP contribution >= 0.6 is 46.2 Å². The molecule has 0 nitrogen and oxygen atoms in total. The molecule has 0 atom stereocenters. The fourth-order valence-corrected chi connectivity index (χ4v) is 4.43. The number of hydrogen-bond acceptors (Lipinski definition) is 4. The summed E-state index contributed by atoms with van der Waals surface area (Å²) < 4.78 is 61.2. The highest BCUT2D eigenvalue weighted by atomic mass is 32.2. The molecule has 0 N–H and O–H groups in total. The molecule has 2 aromatic rings. The second-order valence-corrected chi connectivity index (χ2v) is 8.12. The molecule has 0 saturated carbocycles. The zero-order chi connectivity index (χ0) is 17.9. The maximum atomic E-state index is 12.6. The lowest BCUT2D eigenvalue weighted by Gasteiger charge is -1.95. The van der Waals surface area contributed by atoms with Crippen LogP contribution in [0.1, 0.15) is 14.4 Å². The van der Waals surface area contributed by atoms with Crippen molar-refractivity contribution in [1.82, 2.24) is 0 Å². The van der Waals surface area contributed by atoms with Gasteiger partial charge < -0.3 is 0 Å². The van der Waals surface area contributed by atoms with Crippen LogP contribution in [0.15, 0.2) is 67.0 Å². The summed E-state index contributed by atoms with van der Waals surface area (Å²) in [5.41, 5.74) is 0. The Hall–Kier alpha value is -0.770. The van der Waals surface area contributed by atoms with E-state index in [0.717, 1.165) is 27.8 Å². The molecule has 2 heterocycles. The molecule has 0 amide bonds. The molecule has 0 unspecified atom stereocenters. The van der Waals surface area contributed by atoms with Crippen molar-refractivity contribution < 1.29 is 22.0 Å². The van der Waals surface area contributed by atoms with E-state index in [9.17, 15) is 22.0 Å². The first kappa shape index (κ1) is 24.2. The molecule has 0 bridgehead atoms. The average molecular weight is 433 g/mol. The van der Waals surface area contributed by atoms with Gasteiger partial charge in [0.05, 0.1) is 15.7 Å². The van der Waals surface area contributed by atoms with Crippen LogP contribution in [0.4, 0.5) is 22.0 Å². The summed E-state index contributed by atoms with van der Waals surface area (Å²) >= 11 is 5.35. The van der Waals surface area contributed by atoms with Crippen molar-refractivity contribution >= 4 is 46.2 Å². The Labute approximate surface area is 160 Å². The SMILES string of the molecule is C.C/C(F)=C(\F)CSc1cccs1.FC(F)=C(F)CSc1ccsc1. The van der Waals surface area contributed by atoms with Crippen molar-refractivity contribution in [3.8, 4) is 0 Å². The lowest BCUT2D eigenvalue weighted by molar-refractivity contribution is 0.381. The van der Waals surface area contributed by atoms with Crippen molar-refractivity contribution in [1.29, 1.82) is 0 Å². The fourth-order valence-electron chi connectivity index (χ4n) is 1.11. The van der Waals surface area contributed by atoms with Gasteiger partial charge in [0.25, 0.3) is 0 Å². The zero-order valence-corrected chi connectivity index (χ0v) is 15.7. The molecule has 140 valence electrons. The summed E-state index contributed by atoms with van der Waals surface area (Å²) in [5.74, 6) is -2.94. The Morgan fingerprint density at radius 1 is 0.960 bits per heavy atom. The Bertz CT molecular complexity index is 582. The Balaban J connectivity index is 0.000000443. The van der Waals surface area contributed by atoms with Crippen molar-refractivity contribution in [3.05, 3.63) is 57.9 Å². The fraction of sp³-hybridized carbons (Fsp3) is 0.250. The van der Waals surface area contributed by atoms with Crippen LogP contribution in [-0.4, -0.2) is 11.5 Å². The van der Waals surface area contributed by atoms with Gasteiger partial charge in [-0.15, -0.1) is 34.9 Å². The molecule has 25 heavy (non-hydrogen) atoms. The molecule has 0 radical (unpaired) electrons. The van der Waals surface area contributed by atoms with E-state index >= 15 is 0 Å². The first-order chi connectivity index (χ1) is 11.4. The van der Waals surface area contributed by atoms with Crippen LogP contribution in [0.25, 0.3) is 0 Å². The minimum atomic E-state index is -2.22. The van der Waals surface area contributed by atoms with Gasteiger partial charge in [-0.05, 0) is 29.8 Å². The predicted molar refractivity (Wildman–Crippen MR) is 102 cm³/mol. The molecule has 0 aliphatic heterocycles. The Morgan fingerprint density at radius 2 is 1.64 bits per heavy atom. The van der Waals surface area contributed by atoms with E-state index in [-0.39, 0.29) is 18.9 Å². The standard InChI is InChI=1S/C8H8F2S2.C7H5F3S2.CH4/c1-6(9)7(10)5-12-8-3-2-4-11-8;8-6(7(9)10)4-12-5-1-2-11-3-5;/h2-4H,5H2,1H3;1-3H,4H2;1H4/b7-6+;;. The molecular weight excluding hydrogens is 415 g/mol. The lowest BCUT2D eigenvalue weighted by Crippen LogP contribution is -1.80. The van der Waals surface area contributed by atoms with Crippen LogP contribution in [0.3, 0.4) is 0 Å². The molecule has 9 heteroatoms. The average Bonchev–Trinajstić information content (AvgIpc) is 3.23. The zero-order valence-electron chi connectivity index (χ0n) is 12.4. The summed E-state index contributed by atoms with van der Waals surface area (Å²) in [5, 5.41) is 5.51. The molecule has 2 rings (SSSR count). The van der Waals surface area contributed by atoms with E-state index in [1.54, 1.807) is 11.4 Å². The van der Waals surface area contributed by atoms with Gasteiger partial charge in [0.1, 0.15) is 11.7 Å². The van der Waals surface area contributed by atoms with Crippen molar-refractivity contribution in [2.45, 2.75) is 23.5 Å². The Kier molecular flexibility index (Phi) is 13.0. The quantitative estimate of drug-likeness (QED) is 0.331. The molecule has 0 saturated heterocycles. The van der Waals surface area contributed by atoms with Crippen LogP contribution in [0.5, 0.6) is 0 Å². The predicted octanol–water partition coefficient (Wildman–Crippen LogP) is 8.56. The van der Waals surface area contributed by atoms with Gasteiger partial charge in [-0.3, -0.25) is 0 Å². The molecule has 0 aliphatic rings. The second kappa shape index (κ2) is 13.4. The number of halogens is 5. The molecule has 0 fully saturated rings. The van der Waals surface area contributed by atoms with Gasteiger partial charge in [-0.25, -0.2) is 13.2 Å². The third kappa shape index (κ3) is 10.7. The minimum Gasteiger partial charge on any atom is -0.209 e. The third-order valence-electron chi connectivity index (χ3n) is 2.28. The second-order valence-electron chi connectivity index (χ2n) is 4.07. The van der Waals surface area contributed by atoms with Gasteiger partial charge in [-0.2, -0.15) is 20.1 Å². The first-order valence-electron chi connectivity index (χ1n) is 6.41. The van der Waals surface area contributed by atoms with Crippen molar-refractivity contribution in [2.75, 3.05) is 11.5 Å². The van der Waals surface area contributed by atoms with Crippen LogP contribution in [0, 0.1) is 0 Å². The summed E-state index contributed by atoms with van der Waals surface area (Å²) in [6, 6.07) is 5.53. The number of allylic oxidation sites excluding steroid dienone is 1. The summed E-state index contributed by atoms with van der Waals surface area (Å²) in [6.07, 6.45) is -2.22. The maximum absolute atomic E-state index is 12.6. The van der Waals surface area contributed by atoms with Crippen molar-refractivity contribution in [2.24, 2.45) is 0 Å². The summed E-state index contributed by atoms with van der Waals surface area (Å²) in [6.45, 7) is 1.13. The summed E-state index contributed by atoms with van der Waals surface area (Å²) in [7, 11) is 0. The first-order valence-corrected chi connectivity index (χ1v) is 10.2. The van der Waals surface area contributed by atoms with E-state index in [0.29, 0.717) is 0 Å². The Morgan fingerprint density at radius 3 is 2.12 bits per heavy atom. The number of rotatable bonds is 6. The molecule has 0 spiro atoms. The lowest BCUT2D eigenvalue weighted by atomic mass is 10.5. The topological polar surface area (TPSA) is 0 Å². The molecular formula is C16H17F5S4. The van der Waals surface area contributed by atoms with Gasteiger partial charge in [-0.1, -0.05) is 13.5 Å². The normalized spacial score (nSPS) is 11.0. The highest BCUT2D eigenvalue weighted by Crippen LogP contribution is 2.27. The number of hydrogen-bond donors (Lipinski definition) is 0. The molecule has 0 aliphatic carbocycles. The van der Waals surface area contributed by atoms with Crippen molar-refractivity contribution in [3.63, 3.8) is 0 Å². The van der Waals surface area contributed by atoms with Crippen LogP contribution < -0.4 is 0 Å². The monoisotopic (exact) mass is 432 g/mol. The molecule has 0 aromatic carbocycles. The smallest absolute Gasteiger partial charge is 0.209 e. The van der Waals surface area contributed by atoms with Gasteiger partial charge in [0.15, 0.2) is 5.83 Å². The van der Waals surface area contributed by atoms with E-state index in [1.807, 2.05) is 22.9 Å². The van der Waals surface area contributed by atoms with Crippen LogP contribution in [0.2, 0.25) is 0 Å². The minimum absolute atomic E-state index is 0. The van der Waals surface area contributed by atoms with E-state index in [1.165, 1.54) is 34.4 Å². The summed E-state index contributed by atoms with van der Waals surface area (Å²) in [4.78, 5) is 0.816. The molecule has 2 aromatic heterocycles. The highest BCUT2D eigenvalue weighted by Gasteiger charge is 2.05. The van der Waals surface area contributed by atoms with Gasteiger partial charge >= 0.3 is 6.08 Å². The van der Waals surface area contributed by atoms with Crippen LogP contribution in [-0.2, 0) is 0 Å². The maximum Gasteiger partial charge on any atom is 0.302 e. The number of thioether (sulfide) groups is 2. The highest BCUT2D eigenvalue weighted by molar-refractivity contribution is 8.01. The number of thiophene rings is 2. The van der Waals surface area contributed by atoms with E-state index in [2.05, 4.69) is 0 Å². The third-order valence-corrected chi connectivity index (χ3v) is 6.22. The van der Waals surface area contributed by atoms with E-state index in [4.69, 9.17) is 0 Å². The van der Waals surface area contributed by atoms with Gasteiger partial charge in [0, 0.05) is 10.3 Å². The van der Waals surface area contributed by atoms with E-state index < -0.39 is 23.6 Å². The largest absolute Gasteiger partial charge is 0.302 e. The van der Waals surface area contributed by atoms with Gasteiger partial charge in [0.2, 0.25) is 0 Å².